The van der Waals surface area contributed by atoms with Crippen LogP contribution in [0.5, 0.6) is 5.75 Å². The molecule has 1 aromatic heterocycles. The van der Waals surface area contributed by atoms with Crippen LogP contribution in [0.3, 0.4) is 0 Å². The summed E-state index contributed by atoms with van der Waals surface area (Å²) in [7, 11) is 0. The third-order valence-corrected chi connectivity index (χ3v) is 3.91. The van der Waals surface area contributed by atoms with Crippen molar-refractivity contribution in [3.63, 3.8) is 0 Å². The highest BCUT2D eigenvalue weighted by Crippen LogP contribution is 2.23. The molecule has 0 aliphatic carbocycles. The number of nitrogens with one attached hydrogen (secondary N) is 1. The van der Waals surface area contributed by atoms with Crippen LogP contribution in [-0.2, 0) is 11.3 Å². The van der Waals surface area contributed by atoms with Crippen molar-refractivity contribution in [2.75, 3.05) is 11.9 Å². The van der Waals surface area contributed by atoms with Crippen LogP contribution in [0.2, 0.25) is 0 Å². The lowest BCUT2D eigenvalue weighted by atomic mass is 10.1. The van der Waals surface area contributed by atoms with Crippen LogP contribution in [0.15, 0.2) is 36.7 Å². The lowest BCUT2D eigenvalue weighted by Gasteiger charge is -2.22. The highest BCUT2D eigenvalue weighted by molar-refractivity contribution is 6.04. The molecule has 26 heavy (non-hydrogen) atoms. The summed E-state index contributed by atoms with van der Waals surface area (Å²) in [6.07, 6.45) is 1.74. The molecule has 0 spiro atoms. The summed E-state index contributed by atoms with van der Waals surface area (Å²) in [4.78, 5) is 12.2. The molecule has 9 heteroatoms. The van der Waals surface area contributed by atoms with E-state index < -0.39 is 12.3 Å². The van der Waals surface area contributed by atoms with Gasteiger partial charge < -0.3 is 14.8 Å². The Morgan fingerprint density at radius 1 is 1.31 bits per heavy atom. The second-order valence-corrected chi connectivity index (χ2v) is 5.97. The maximum Gasteiger partial charge on any atom is 0.573 e. The molecule has 1 aliphatic heterocycles. The van der Waals surface area contributed by atoms with E-state index in [9.17, 15) is 18.0 Å². The smallest absolute Gasteiger partial charge is 0.406 e. The first-order chi connectivity index (χ1) is 12.4. The fourth-order valence-electron chi connectivity index (χ4n) is 2.70. The molecular formula is C17H18F3N3O3. The standard InChI is InChI=1S/C17H18F3N3O3/c18-17(19,20)26-14-6-4-12(5-7-14)16(24)22-13-9-21-23(10-13)11-15-3-1-2-8-25-15/h4-7,9-10,15H,1-3,8,11H2,(H,22,24)/t15-/m1/s1. The molecule has 6 nitrogen and oxygen atoms in total. The van der Waals surface area contributed by atoms with Gasteiger partial charge in [0.25, 0.3) is 5.91 Å². The van der Waals surface area contributed by atoms with Gasteiger partial charge in [-0.1, -0.05) is 0 Å². The Morgan fingerprint density at radius 2 is 2.08 bits per heavy atom. The van der Waals surface area contributed by atoms with Gasteiger partial charge >= 0.3 is 6.36 Å². The molecule has 0 bridgehead atoms. The molecule has 2 aromatic rings. The van der Waals surface area contributed by atoms with Gasteiger partial charge in [0.05, 0.1) is 24.5 Å². The Kier molecular flexibility index (Phi) is 5.46. The molecule has 2 heterocycles. The molecule has 3 rings (SSSR count). The van der Waals surface area contributed by atoms with Crippen molar-refractivity contribution in [1.82, 2.24) is 9.78 Å². The third-order valence-electron chi connectivity index (χ3n) is 3.91. The number of anilines is 1. The first kappa shape index (κ1) is 18.2. The van der Waals surface area contributed by atoms with Gasteiger partial charge in [-0.25, -0.2) is 0 Å². The molecule has 1 amide bonds. The number of hydrogen-bond acceptors (Lipinski definition) is 4. The minimum absolute atomic E-state index is 0.119. The highest BCUT2D eigenvalue weighted by Gasteiger charge is 2.31. The fourth-order valence-corrected chi connectivity index (χ4v) is 2.70. The van der Waals surface area contributed by atoms with E-state index in [0.29, 0.717) is 12.2 Å². The van der Waals surface area contributed by atoms with Gasteiger partial charge in [0.1, 0.15) is 5.75 Å². The van der Waals surface area contributed by atoms with Gasteiger partial charge in [0.15, 0.2) is 0 Å². The largest absolute Gasteiger partial charge is 0.573 e. The lowest BCUT2D eigenvalue weighted by molar-refractivity contribution is -0.274. The van der Waals surface area contributed by atoms with Crippen molar-refractivity contribution >= 4 is 11.6 Å². The molecule has 1 saturated heterocycles. The summed E-state index contributed by atoms with van der Waals surface area (Å²) < 4.78 is 47.5. The van der Waals surface area contributed by atoms with Crippen molar-refractivity contribution in [2.45, 2.75) is 38.3 Å². The van der Waals surface area contributed by atoms with E-state index in [2.05, 4.69) is 15.2 Å². The van der Waals surface area contributed by atoms with Crippen molar-refractivity contribution in [2.24, 2.45) is 0 Å². The maximum atomic E-state index is 12.2. The first-order valence-electron chi connectivity index (χ1n) is 8.20. The molecule has 0 saturated carbocycles. The average Bonchev–Trinajstić information content (AvgIpc) is 3.02. The van der Waals surface area contributed by atoms with Gasteiger partial charge in [-0.15, -0.1) is 13.2 Å². The van der Waals surface area contributed by atoms with E-state index in [-0.39, 0.29) is 17.4 Å². The minimum Gasteiger partial charge on any atom is -0.406 e. The number of carbonyl (C=O) groups excluding carboxylic acids is 1. The zero-order chi connectivity index (χ0) is 18.6. The number of hydrogen-bond donors (Lipinski definition) is 1. The summed E-state index contributed by atoms with van der Waals surface area (Å²) in [5.74, 6) is -0.827. The predicted octanol–water partition coefficient (Wildman–Crippen LogP) is 3.60. The normalized spacial score (nSPS) is 17.7. The number of halogens is 3. The minimum atomic E-state index is -4.76. The number of nitrogens with zero attached hydrogens (tertiary/aromatic N) is 2. The monoisotopic (exact) mass is 369 g/mol. The molecule has 1 aliphatic rings. The van der Waals surface area contributed by atoms with Gasteiger partial charge in [-0.05, 0) is 43.5 Å². The number of carbonyl (C=O) groups is 1. The Hall–Kier alpha value is -2.55. The predicted molar refractivity (Wildman–Crippen MR) is 86.9 cm³/mol. The zero-order valence-electron chi connectivity index (χ0n) is 13.8. The van der Waals surface area contributed by atoms with Crippen LogP contribution in [-0.4, -0.2) is 34.8 Å². The van der Waals surface area contributed by atoms with Crippen molar-refractivity contribution in [1.29, 1.82) is 0 Å². The zero-order valence-corrected chi connectivity index (χ0v) is 13.8. The molecule has 1 aromatic carbocycles. The van der Waals surface area contributed by atoms with E-state index in [1.165, 1.54) is 18.3 Å². The van der Waals surface area contributed by atoms with Crippen LogP contribution in [0.25, 0.3) is 0 Å². The second-order valence-electron chi connectivity index (χ2n) is 5.97. The number of ether oxygens (including phenoxy) is 2. The van der Waals surface area contributed by atoms with E-state index >= 15 is 0 Å². The molecule has 0 unspecified atom stereocenters. The molecular weight excluding hydrogens is 351 g/mol. The second kappa shape index (κ2) is 7.77. The number of alkyl halides is 3. The number of benzene rings is 1. The maximum absolute atomic E-state index is 12.2. The molecule has 1 N–H and O–H groups in total. The summed E-state index contributed by atoms with van der Waals surface area (Å²) in [6, 6.07) is 4.70. The van der Waals surface area contributed by atoms with Gasteiger partial charge in [-0.2, -0.15) is 5.10 Å². The van der Waals surface area contributed by atoms with Crippen LogP contribution in [0, 0.1) is 0 Å². The Balaban J connectivity index is 1.56. The Labute approximate surface area is 147 Å². The number of rotatable bonds is 5. The Morgan fingerprint density at radius 3 is 2.73 bits per heavy atom. The van der Waals surface area contributed by atoms with Crippen LogP contribution in [0.1, 0.15) is 29.6 Å². The fraction of sp³-hybridized carbons (Fsp3) is 0.412. The average molecular weight is 369 g/mol. The first-order valence-corrected chi connectivity index (χ1v) is 8.20. The molecule has 140 valence electrons. The molecule has 1 fully saturated rings. The topological polar surface area (TPSA) is 65.4 Å². The van der Waals surface area contributed by atoms with Crippen molar-refractivity contribution < 1.29 is 27.4 Å². The number of aromatic nitrogens is 2. The van der Waals surface area contributed by atoms with E-state index in [0.717, 1.165) is 38.0 Å². The van der Waals surface area contributed by atoms with Crippen LogP contribution < -0.4 is 10.1 Å². The van der Waals surface area contributed by atoms with E-state index in [1.54, 1.807) is 10.9 Å². The molecule has 0 radical (unpaired) electrons. The summed E-state index contributed by atoms with van der Waals surface area (Å²) >= 11 is 0. The van der Waals surface area contributed by atoms with Crippen molar-refractivity contribution in [3.05, 3.63) is 42.2 Å². The van der Waals surface area contributed by atoms with Gasteiger partial charge in [-0.3, -0.25) is 9.48 Å². The lowest BCUT2D eigenvalue weighted by Crippen LogP contribution is -2.24. The summed E-state index contributed by atoms with van der Waals surface area (Å²) in [5, 5.41) is 6.85. The van der Waals surface area contributed by atoms with Crippen molar-refractivity contribution in [3.8, 4) is 5.75 Å². The third kappa shape index (κ3) is 5.22. The van der Waals surface area contributed by atoms with E-state index in [4.69, 9.17) is 4.74 Å². The summed E-state index contributed by atoms with van der Waals surface area (Å²) in [6.45, 7) is 1.36. The van der Waals surface area contributed by atoms with Crippen LogP contribution in [0.4, 0.5) is 18.9 Å². The highest BCUT2D eigenvalue weighted by atomic mass is 19.4. The quantitative estimate of drug-likeness (QED) is 0.875. The van der Waals surface area contributed by atoms with Crippen LogP contribution >= 0.6 is 0 Å². The SMILES string of the molecule is O=C(Nc1cnn(C[C@H]2CCCCO2)c1)c1ccc(OC(F)(F)F)cc1. The Bertz CT molecular complexity index is 738. The summed E-state index contributed by atoms with van der Waals surface area (Å²) in [5.41, 5.74) is 0.712. The number of amides is 1. The van der Waals surface area contributed by atoms with Gasteiger partial charge in [0.2, 0.25) is 0 Å². The van der Waals surface area contributed by atoms with E-state index in [1.807, 2.05) is 0 Å². The molecule has 1 atom stereocenters. The van der Waals surface area contributed by atoms with Gasteiger partial charge in [0, 0.05) is 18.4 Å².